The molecular formula is H2NNiOP. The minimum Gasteiger partial charge on any atom is -0.147 e. The summed E-state index contributed by atoms with van der Waals surface area (Å²) in [5.74, 6) is 0. The Bertz CT molecular complexity index is 15.5. The number of rotatable bonds is 0. The third-order valence-corrected chi connectivity index (χ3v) is 0. The summed E-state index contributed by atoms with van der Waals surface area (Å²) in [6.07, 6.45) is 0. The van der Waals surface area contributed by atoms with Crippen LogP contribution in [-0.2, 0) is 16.5 Å². The van der Waals surface area contributed by atoms with Gasteiger partial charge in [0, 0.05) is 25.9 Å². The summed E-state index contributed by atoms with van der Waals surface area (Å²) in [5.41, 5.74) is 0. The first-order chi connectivity index (χ1) is 1.41. The summed E-state index contributed by atoms with van der Waals surface area (Å²) >= 11 is 0. The molecule has 0 spiro atoms. The van der Waals surface area contributed by atoms with E-state index in [9.17, 15) is 0 Å². The van der Waals surface area contributed by atoms with Crippen LogP contribution in [0.2, 0.25) is 0 Å². The van der Waals surface area contributed by atoms with Crippen molar-refractivity contribution in [1.82, 2.24) is 0 Å². The van der Waals surface area contributed by atoms with Crippen molar-refractivity contribution >= 4 is 9.39 Å². The van der Waals surface area contributed by atoms with Gasteiger partial charge in [0.15, 0.2) is 0 Å². The van der Waals surface area contributed by atoms with E-state index >= 15 is 0 Å². The molecule has 0 saturated heterocycles. The predicted molar refractivity (Wildman–Crippen MR) is 15.5 cm³/mol. The summed E-state index contributed by atoms with van der Waals surface area (Å²) in [4.78, 5) is 10.7. The summed E-state index contributed by atoms with van der Waals surface area (Å²) in [6.45, 7) is 0. The van der Waals surface area contributed by atoms with Crippen molar-refractivity contribution in [2.45, 2.75) is 0 Å². The standard InChI is InChI=1S/H2NOP.Ni/c2-1-3;/h3H2;. The van der Waals surface area contributed by atoms with Crippen LogP contribution in [0.3, 0.4) is 0 Å². The monoisotopic (exact) mass is 121 g/mol. The Morgan fingerprint density at radius 1 is 1.75 bits per heavy atom. The second-order valence-electron chi connectivity index (χ2n) is 0.105. The fourth-order valence-corrected chi connectivity index (χ4v) is 0. The van der Waals surface area contributed by atoms with Crippen LogP contribution >= 0.6 is 9.39 Å². The molecule has 0 aliphatic rings. The van der Waals surface area contributed by atoms with Crippen LogP contribution in [0.15, 0.2) is 4.95 Å². The van der Waals surface area contributed by atoms with E-state index in [1.54, 1.807) is 9.39 Å². The molecule has 1 unspecified atom stereocenters. The summed E-state index contributed by atoms with van der Waals surface area (Å²) < 4.78 is 0. The Kier molecular flexibility index (Phi) is 21.3. The molecule has 0 heterocycles. The third kappa shape index (κ3) is 21.4. The number of nitroso groups, excluding NO2 is 1. The van der Waals surface area contributed by atoms with Gasteiger partial charge in [-0.1, -0.05) is 4.95 Å². The van der Waals surface area contributed by atoms with Crippen LogP contribution in [0.4, 0.5) is 0 Å². The smallest absolute Gasteiger partial charge is 0.0356 e. The molecule has 0 rings (SSSR count). The first-order valence-corrected chi connectivity index (χ1v) is 0.957. The average molecular weight is 122 g/mol. The van der Waals surface area contributed by atoms with Gasteiger partial charge < -0.3 is 0 Å². The van der Waals surface area contributed by atoms with Crippen molar-refractivity contribution in [1.29, 1.82) is 0 Å². The van der Waals surface area contributed by atoms with Gasteiger partial charge in [-0.25, -0.2) is 0 Å². The summed E-state index contributed by atoms with van der Waals surface area (Å²) in [5, 5.41) is 0. The molecule has 28 valence electrons. The van der Waals surface area contributed by atoms with Gasteiger partial charge in [0.05, 0.1) is 0 Å². The largest absolute Gasteiger partial charge is 0.147 e. The van der Waals surface area contributed by atoms with E-state index in [0.717, 1.165) is 0 Å². The minimum absolute atomic E-state index is 0. The first-order valence-electron chi connectivity index (χ1n) is 0.441. The molecule has 2 nitrogen and oxygen atoms in total. The summed E-state index contributed by atoms with van der Waals surface area (Å²) in [7, 11) is 1.65. The minimum atomic E-state index is 0. The topological polar surface area (TPSA) is 29.4 Å². The molecule has 0 aromatic rings. The van der Waals surface area contributed by atoms with Crippen molar-refractivity contribution in [3.05, 3.63) is 4.91 Å². The molecule has 4 heavy (non-hydrogen) atoms. The van der Waals surface area contributed by atoms with Crippen LogP contribution in [0.5, 0.6) is 0 Å². The third-order valence-electron chi connectivity index (χ3n) is 0. The molecule has 1 atom stereocenters. The molecule has 0 aliphatic carbocycles. The van der Waals surface area contributed by atoms with Crippen molar-refractivity contribution in [3.8, 4) is 0 Å². The second kappa shape index (κ2) is 9.67. The average Bonchev–Trinajstić information content (AvgIpc) is 0.918. The van der Waals surface area contributed by atoms with Crippen LogP contribution < -0.4 is 0 Å². The molecule has 4 heteroatoms. The SMILES string of the molecule is O=NP.[Ni]. The quantitative estimate of drug-likeness (QED) is 0.261. The van der Waals surface area contributed by atoms with Crippen molar-refractivity contribution < 1.29 is 16.5 Å². The van der Waals surface area contributed by atoms with Crippen molar-refractivity contribution in [2.75, 3.05) is 0 Å². The van der Waals surface area contributed by atoms with Gasteiger partial charge in [0.25, 0.3) is 0 Å². The van der Waals surface area contributed by atoms with E-state index in [4.69, 9.17) is 4.91 Å². The van der Waals surface area contributed by atoms with Gasteiger partial charge in [0.1, 0.15) is 0 Å². The first kappa shape index (κ1) is 8.82. The normalized spacial score (nSPS) is 3.25. The summed E-state index contributed by atoms with van der Waals surface area (Å²) in [6, 6.07) is 0. The molecule has 0 radical (unpaired) electrons. The zero-order chi connectivity index (χ0) is 2.71. The van der Waals surface area contributed by atoms with Gasteiger partial charge in [-0.15, -0.1) is 4.91 Å². The van der Waals surface area contributed by atoms with Gasteiger partial charge in [-0.3, -0.25) is 0 Å². The maximum Gasteiger partial charge on any atom is 0.0356 e. The molecule has 0 fully saturated rings. The van der Waals surface area contributed by atoms with Gasteiger partial charge >= 0.3 is 0 Å². The number of hydrogen-bond acceptors (Lipinski definition) is 2. The van der Waals surface area contributed by atoms with E-state index in [-0.39, 0.29) is 16.5 Å². The molecule has 0 saturated carbocycles. The Morgan fingerprint density at radius 2 is 1.75 bits per heavy atom. The van der Waals surface area contributed by atoms with Crippen LogP contribution in [0, 0.1) is 4.91 Å². The Labute approximate surface area is 36.5 Å². The maximum atomic E-state index is 8.52. The van der Waals surface area contributed by atoms with E-state index in [2.05, 4.69) is 4.95 Å². The molecule has 0 aromatic carbocycles. The Morgan fingerprint density at radius 3 is 1.75 bits per heavy atom. The van der Waals surface area contributed by atoms with E-state index in [0.29, 0.717) is 0 Å². The van der Waals surface area contributed by atoms with Crippen molar-refractivity contribution in [2.24, 2.45) is 4.95 Å². The molecule has 0 aromatic heterocycles. The molecule has 0 bridgehead atoms. The number of nitrogens with zero attached hydrogens (tertiary/aromatic N) is 1. The zero-order valence-electron chi connectivity index (χ0n) is 1.75. The Balaban J connectivity index is 0. The van der Waals surface area contributed by atoms with E-state index < -0.39 is 0 Å². The van der Waals surface area contributed by atoms with Gasteiger partial charge in [-0.2, -0.15) is 0 Å². The molecular weight excluding hydrogens is 120 g/mol. The van der Waals surface area contributed by atoms with Crippen LogP contribution in [0.1, 0.15) is 0 Å². The van der Waals surface area contributed by atoms with E-state index in [1.807, 2.05) is 0 Å². The number of hydrogen-bond donors (Lipinski definition) is 0. The molecule has 0 N–H and O–H groups in total. The predicted octanol–water partition coefficient (Wildman–Crippen LogP) is 0.540. The molecule has 0 aliphatic heterocycles. The molecule has 0 amide bonds. The van der Waals surface area contributed by atoms with Crippen LogP contribution in [0.25, 0.3) is 0 Å². The Hall–Kier alpha value is 0.524. The fourth-order valence-electron chi connectivity index (χ4n) is 0. The van der Waals surface area contributed by atoms with Gasteiger partial charge in [0.2, 0.25) is 0 Å². The zero-order valence-corrected chi connectivity index (χ0v) is 3.89. The van der Waals surface area contributed by atoms with E-state index in [1.165, 1.54) is 0 Å². The maximum absolute atomic E-state index is 8.52. The van der Waals surface area contributed by atoms with Crippen LogP contribution in [-0.4, -0.2) is 0 Å². The van der Waals surface area contributed by atoms with Gasteiger partial charge in [-0.05, 0) is 0 Å². The van der Waals surface area contributed by atoms with Crippen molar-refractivity contribution in [3.63, 3.8) is 0 Å². The fraction of sp³-hybridized carbons (Fsp3) is 0. The second-order valence-corrected chi connectivity index (χ2v) is 0.316.